The minimum Gasteiger partial charge on any atom is -0.389 e. The largest absolute Gasteiger partial charge is 0.389 e. The Kier molecular flexibility index (Phi) is 9.13. The fourth-order valence-corrected chi connectivity index (χ4v) is 1.14. The zero-order chi connectivity index (χ0) is 12.4. The van der Waals surface area contributed by atoms with E-state index >= 15 is 0 Å². The minimum atomic E-state index is -0.865. The molecule has 16 heavy (non-hydrogen) atoms. The number of hydrogen-bond acceptors (Lipinski definition) is 4. The Morgan fingerprint density at radius 3 is 2.06 bits per heavy atom. The van der Waals surface area contributed by atoms with Crippen LogP contribution in [-0.2, 0) is 4.74 Å². The van der Waals surface area contributed by atoms with Crippen molar-refractivity contribution in [1.29, 1.82) is 0 Å². The molecule has 0 radical (unpaired) electrons. The number of aliphatic hydroxyl groups excluding tert-OH is 3. The molecule has 0 fully saturated rings. The normalized spacial score (nSPS) is 16.4. The highest BCUT2D eigenvalue weighted by Gasteiger charge is 2.07. The Labute approximate surface area is 96.9 Å². The lowest BCUT2D eigenvalue weighted by molar-refractivity contribution is -0.108. The molecule has 0 aromatic carbocycles. The first kappa shape index (κ1) is 15.3. The molecular formula is C12H22O4. The van der Waals surface area contributed by atoms with E-state index in [1.54, 1.807) is 0 Å². The fraction of sp³-hybridized carbons (Fsp3) is 0.667. The Morgan fingerprint density at radius 2 is 1.50 bits per heavy atom. The molecular weight excluding hydrogens is 208 g/mol. The van der Waals surface area contributed by atoms with Crippen molar-refractivity contribution in [3.05, 3.63) is 25.3 Å². The van der Waals surface area contributed by atoms with Crippen molar-refractivity contribution < 1.29 is 20.1 Å². The van der Waals surface area contributed by atoms with Gasteiger partial charge in [0.25, 0.3) is 0 Å². The highest BCUT2D eigenvalue weighted by molar-refractivity contribution is 4.78. The zero-order valence-electron chi connectivity index (χ0n) is 9.59. The van der Waals surface area contributed by atoms with E-state index in [-0.39, 0.29) is 0 Å². The van der Waals surface area contributed by atoms with Crippen LogP contribution < -0.4 is 0 Å². The van der Waals surface area contributed by atoms with Crippen LogP contribution in [0.15, 0.2) is 25.3 Å². The summed E-state index contributed by atoms with van der Waals surface area (Å²) in [7, 11) is 0. The summed E-state index contributed by atoms with van der Waals surface area (Å²) in [5, 5.41) is 27.7. The minimum absolute atomic E-state index is 0.372. The van der Waals surface area contributed by atoms with Gasteiger partial charge in [-0.2, -0.15) is 0 Å². The second kappa shape index (κ2) is 9.54. The summed E-state index contributed by atoms with van der Waals surface area (Å²) in [5.41, 5.74) is 0. The first-order valence-electron chi connectivity index (χ1n) is 5.51. The lowest BCUT2D eigenvalue weighted by Gasteiger charge is -2.13. The van der Waals surface area contributed by atoms with Gasteiger partial charge in [0.2, 0.25) is 0 Å². The van der Waals surface area contributed by atoms with Crippen LogP contribution in [0.1, 0.15) is 25.7 Å². The third kappa shape index (κ3) is 8.61. The quantitative estimate of drug-likeness (QED) is 0.297. The van der Waals surface area contributed by atoms with Crippen LogP contribution in [0.4, 0.5) is 0 Å². The molecule has 0 bridgehead atoms. The first-order chi connectivity index (χ1) is 7.60. The molecule has 0 aromatic rings. The summed E-state index contributed by atoms with van der Waals surface area (Å²) >= 11 is 0. The SMILES string of the molecule is C=CC(O)CCCOC(O)CCC(O)C=C. The number of aliphatic hydroxyl groups is 3. The predicted molar refractivity (Wildman–Crippen MR) is 62.8 cm³/mol. The van der Waals surface area contributed by atoms with E-state index in [2.05, 4.69) is 13.2 Å². The highest BCUT2D eigenvalue weighted by atomic mass is 16.6. The summed E-state index contributed by atoms with van der Waals surface area (Å²) in [6, 6.07) is 0. The van der Waals surface area contributed by atoms with Crippen LogP contribution >= 0.6 is 0 Å². The van der Waals surface area contributed by atoms with Gasteiger partial charge in [-0.15, -0.1) is 13.2 Å². The molecule has 0 saturated heterocycles. The van der Waals surface area contributed by atoms with Gasteiger partial charge >= 0.3 is 0 Å². The molecule has 3 unspecified atom stereocenters. The van der Waals surface area contributed by atoms with Gasteiger partial charge < -0.3 is 20.1 Å². The standard InChI is InChI=1S/C12H22O4/c1-3-10(13)6-5-9-16-12(15)8-7-11(14)4-2/h3-4,10-15H,1-2,5-9H2. The Bertz CT molecular complexity index is 193. The topological polar surface area (TPSA) is 69.9 Å². The molecule has 0 aliphatic carbocycles. The molecule has 4 heteroatoms. The van der Waals surface area contributed by atoms with Crippen molar-refractivity contribution >= 4 is 0 Å². The molecule has 0 amide bonds. The van der Waals surface area contributed by atoms with Gasteiger partial charge in [-0.3, -0.25) is 0 Å². The molecule has 4 nitrogen and oxygen atoms in total. The van der Waals surface area contributed by atoms with E-state index in [0.717, 1.165) is 0 Å². The second-order valence-corrected chi connectivity index (χ2v) is 3.65. The molecule has 3 N–H and O–H groups in total. The maximum atomic E-state index is 9.37. The fourth-order valence-electron chi connectivity index (χ4n) is 1.14. The maximum Gasteiger partial charge on any atom is 0.154 e. The van der Waals surface area contributed by atoms with Crippen molar-refractivity contribution in [1.82, 2.24) is 0 Å². The van der Waals surface area contributed by atoms with Gasteiger partial charge in [-0.25, -0.2) is 0 Å². The number of ether oxygens (including phenoxy) is 1. The molecule has 0 rings (SSSR count). The van der Waals surface area contributed by atoms with Gasteiger partial charge in [0.15, 0.2) is 6.29 Å². The van der Waals surface area contributed by atoms with E-state index in [0.29, 0.717) is 32.3 Å². The average molecular weight is 230 g/mol. The number of hydrogen-bond donors (Lipinski definition) is 3. The molecule has 3 atom stereocenters. The second-order valence-electron chi connectivity index (χ2n) is 3.65. The lowest BCUT2D eigenvalue weighted by atomic mass is 10.2. The van der Waals surface area contributed by atoms with E-state index < -0.39 is 18.5 Å². The van der Waals surface area contributed by atoms with Crippen molar-refractivity contribution in [2.24, 2.45) is 0 Å². The molecule has 0 saturated carbocycles. The summed E-state index contributed by atoms with van der Waals surface area (Å²) in [5.74, 6) is 0. The summed E-state index contributed by atoms with van der Waals surface area (Å²) in [6.07, 6.45) is 2.96. The number of rotatable bonds is 10. The van der Waals surface area contributed by atoms with E-state index in [9.17, 15) is 5.11 Å². The molecule has 0 aliphatic heterocycles. The Balaban J connectivity index is 3.39. The van der Waals surface area contributed by atoms with Crippen LogP contribution in [0.25, 0.3) is 0 Å². The van der Waals surface area contributed by atoms with Gasteiger partial charge in [0, 0.05) is 13.0 Å². The highest BCUT2D eigenvalue weighted by Crippen LogP contribution is 2.05. The smallest absolute Gasteiger partial charge is 0.154 e. The van der Waals surface area contributed by atoms with Crippen molar-refractivity contribution in [3.8, 4) is 0 Å². The first-order valence-corrected chi connectivity index (χ1v) is 5.51. The van der Waals surface area contributed by atoms with Gasteiger partial charge in [0.05, 0.1) is 12.2 Å². The predicted octanol–water partition coefficient (Wildman–Crippen LogP) is 0.976. The Hall–Kier alpha value is -0.680. The monoisotopic (exact) mass is 230 g/mol. The third-order valence-corrected chi connectivity index (χ3v) is 2.21. The van der Waals surface area contributed by atoms with Crippen LogP contribution in [0.5, 0.6) is 0 Å². The third-order valence-electron chi connectivity index (χ3n) is 2.21. The molecule has 0 aromatic heterocycles. The Morgan fingerprint density at radius 1 is 0.938 bits per heavy atom. The molecule has 94 valence electrons. The van der Waals surface area contributed by atoms with Crippen LogP contribution in [0, 0.1) is 0 Å². The van der Waals surface area contributed by atoms with E-state index in [1.807, 2.05) is 0 Å². The summed E-state index contributed by atoms with van der Waals surface area (Å²) in [6.45, 7) is 7.27. The maximum absolute atomic E-state index is 9.37. The van der Waals surface area contributed by atoms with Gasteiger partial charge in [-0.05, 0) is 19.3 Å². The van der Waals surface area contributed by atoms with E-state index in [4.69, 9.17) is 14.9 Å². The summed E-state index contributed by atoms with van der Waals surface area (Å²) in [4.78, 5) is 0. The van der Waals surface area contributed by atoms with E-state index in [1.165, 1.54) is 12.2 Å². The van der Waals surface area contributed by atoms with Crippen LogP contribution in [0.2, 0.25) is 0 Å². The van der Waals surface area contributed by atoms with Gasteiger partial charge in [0.1, 0.15) is 0 Å². The van der Waals surface area contributed by atoms with Crippen molar-refractivity contribution in [2.75, 3.05) is 6.61 Å². The van der Waals surface area contributed by atoms with Crippen molar-refractivity contribution in [3.63, 3.8) is 0 Å². The zero-order valence-corrected chi connectivity index (χ0v) is 9.59. The van der Waals surface area contributed by atoms with Crippen LogP contribution in [0.3, 0.4) is 0 Å². The average Bonchev–Trinajstić information content (AvgIpc) is 2.31. The van der Waals surface area contributed by atoms with Crippen molar-refractivity contribution in [2.45, 2.75) is 44.2 Å². The molecule has 0 aliphatic rings. The summed E-state index contributed by atoms with van der Waals surface area (Å²) < 4.78 is 5.10. The molecule has 0 heterocycles. The van der Waals surface area contributed by atoms with Crippen LogP contribution in [-0.4, -0.2) is 40.4 Å². The van der Waals surface area contributed by atoms with Gasteiger partial charge in [-0.1, -0.05) is 12.2 Å². The lowest BCUT2D eigenvalue weighted by Crippen LogP contribution is -2.16. The molecule has 0 spiro atoms.